The highest BCUT2D eigenvalue weighted by atomic mass is 19.4. The standard InChI is InChI=1S/C21H20F3N3O4/c1-13(14-5-3-2-4-6-14)27-19(29)17(26-20(27)30)11-12-18(28)25-15-7-9-16(10-8-15)31-21(22,23)24/h2-10,13,17H,11-12H2,1H3,(H,25,28)(H,26,30)/t13-,17-/m1/s1. The van der Waals surface area contributed by atoms with Gasteiger partial charge in [0, 0.05) is 12.1 Å². The van der Waals surface area contributed by atoms with Crippen LogP contribution in [0.4, 0.5) is 23.7 Å². The van der Waals surface area contributed by atoms with Crippen LogP contribution in [0.3, 0.4) is 0 Å². The first-order chi connectivity index (χ1) is 14.6. The zero-order valence-electron chi connectivity index (χ0n) is 16.5. The zero-order chi connectivity index (χ0) is 22.6. The lowest BCUT2D eigenvalue weighted by atomic mass is 10.1. The van der Waals surface area contributed by atoms with Crippen LogP contribution >= 0.6 is 0 Å². The van der Waals surface area contributed by atoms with E-state index in [4.69, 9.17) is 0 Å². The number of nitrogens with one attached hydrogen (secondary N) is 2. The summed E-state index contributed by atoms with van der Waals surface area (Å²) in [5.74, 6) is -1.26. The van der Waals surface area contributed by atoms with Crippen LogP contribution in [0.2, 0.25) is 0 Å². The van der Waals surface area contributed by atoms with Gasteiger partial charge in [0.25, 0.3) is 5.91 Å². The van der Waals surface area contributed by atoms with Gasteiger partial charge in [0.2, 0.25) is 5.91 Å². The molecule has 0 unspecified atom stereocenters. The highest BCUT2D eigenvalue weighted by molar-refractivity contribution is 6.05. The summed E-state index contributed by atoms with van der Waals surface area (Å²) in [6, 6.07) is 12.0. The first kappa shape index (κ1) is 22.1. The fraction of sp³-hybridized carbons (Fsp3) is 0.286. The van der Waals surface area contributed by atoms with Crippen LogP contribution in [-0.2, 0) is 9.59 Å². The van der Waals surface area contributed by atoms with Crippen molar-refractivity contribution in [2.75, 3.05) is 5.32 Å². The SMILES string of the molecule is C[C@H](c1ccccc1)N1C(=O)N[C@H](CCC(=O)Nc2ccc(OC(F)(F)F)cc2)C1=O. The molecule has 3 rings (SSSR count). The lowest BCUT2D eigenvalue weighted by Gasteiger charge is -2.21. The van der Waals surface area contributed by atoms with Crippen molar-refractivity contribution >= 4 is 23.5 Å². The third kappa shape index (κ3) is 5.74. The number of benzene rings is 2. The zero-order valence-corrected chi connectivity index (χ0v) is 16.5. The second kappa shape index (κ2) is 9.07. The van der Waals surface area contributed by atoms with Crippen LogP contribution in [0.15, 0.2) is 54.6 Å². The van der Waals surface area contributed by atoms with E-state index in [1.807, 2.05) is 30.3 Å². The van der Waals surface area contributed by atoms with Crippen molar-refractivity contribution in [3.8, 4) is 5.75 Å². The number of alkyl halides is 3. The largest absolute Gasteiger partial charge is 0.573 e. The summed E-state index contributed by atoms with van der Waals surface area (Å²) in [6.45, 7) is 1.74. The lowest BCUT2D eigenvalue weighted by Crippen LogP contribution is -2.34. The number of hydrogen-bond acceptors (Lipinski definition) is 4. The molecular formula is C21H20F3N3O4. The van der Waals surface area contributed by atoms with Crippen molar-refractivity contribution in [2.45, 2.75) is 38.2 Å². The third-order valence-corrected chi connectivity index (χ3v) is 4.75. The molecule has 0 spiro atoms. The Labute approximate surface area is 176 Å². The number of ether oxygens (including phenoxy) is 1. The van der Waals surface area contributed by atoms with Crippen molar-refractivity contribution in [1.82, 2.24) is 10.2 Å². The molecule has 4 amide bonds. The Kier molecular flexibility index (Phi) is 6.47. The second-order valence-electron chi connectivity index (χ2n) is 6.96. The normalized spacial score (nSPS) is 17.3. The van der Waals surface area contributed by atoms with Crippen LogP contribution in [0.25, 0.3) is 0 Å². The smallest absolute Gasteiger partial charge is 0.406 e. The number of nitrogens with zero attached hydrogens (tertiary/aromatic N) is 1. The Morgan fingerprint density at radius 1 is 1.13 bits per heavy atom. The third-order valence-electron chi connectivity index (χ3n) is 4.75. The summed E-state index contributed by atoms with van der Waals surface area (Å²) in [6.07, 6.45) is -4.77. The van der Waals surface area contributed by atoms with Crippen molar-refractivity contribution in [3.63, 3.8) is 0 Å². The number of urea groups is 1. The minimum Gasteiger partial charge on any atom is -0.406 e. The lowest BCUT2D eigenvalue weighted by molar-refractivity contribution is -0.274. The summed E-state index contributed by atoms with van der Waals surface area (Å²) >= 11 is 0. The van der Waals surface area contributed by atoms with Crippen molar-refractivity contribution < 1.29 is 32.3 Å². The molecule has 2 aromatic carbocycles. The molecule has 2 atom stereocenters. The maximum absolute atomic E-state index is 12.7. The summed E-state index contributed by atoms with van der Waals surface area (Å²) in [7, 11) is 0. The second-order valence-corrected chi connectivity index (χ2v) is 6.96. The quantitative estimate of drug-likeness (QED) is 0.644. The number of amides is 4. The van der Waals surface area contributed by atoms with Gasteiger partial charge in [-0.2, -0.15) is 0 Å². The van der Waals surface area contributed by atoms with E-state index in [0.717, 1.165) is 22.6 Å². The molecule has 0 saturated carbocycles. The first-order valence-corrected chi connectivity index (χ1v) is 9.48. The van der Waals surface area contributed by atoms with Crippen molar-refractivity contribution in [1.29, 1.82) is 0 Å². The van der Waals surface area contributed by atoms with Crippen LogP contribution in [0.1, 0.15) is 31.4 Å². The molecule has 31 heavy (non-hydrogen) atoms. The van der Waals surface area contributed by atoms with Crippen LogP contribution in [-0.4, -0.2) is 35.1 Å². The minimum atomic E-state index is -4.80. The van der Waals surface area contributed by atoms with Gasteiger partial charge in [0.15, 0.2) is 0 Å². The Hall–Kier alpha value is -3.56. The molecular weight excluding hydrogens is 415 g/mol. The van der Waals surface area contributed by atoms with E-state index in [-0.39, 0.29) is 18.5 Å². The van der Waals surface area contributed by atoms with Gasteiger partial charge in [-0.1, -0.05) is 30.3 Å². The van der Waals surface area contributed by atoms with Crippen LogP contribution in [0.5, 0.6) is 5.75 Å². The number of halogens is 3. The number of carbonyl (C=O) groups is 3. The first-order valence-electron chi connectivity index (χ1n) is 9.48. The molecule has 0 aliphatic carbocycles. The maximum Gasteiger partial charge on any atom is 0.573 e. The van der Waals surface area contributed by atoms with E-state index in [0.29, 0.717) is 0 Å². The molecule has 1 heterocycles. The molecule has 7 nitrogen and oxygen atoms in total. The Morgan fingerprint density at radius 3 is 2.39 bits per heavy atom. The number of imide groups is 1. The monoisotopic (exact) mass is 435 g/mol. The predicted octanol–water partition coefficient (Wildman–Crippen LogP) is 3.99. The minimum absolute atomic E-state index is 0.0644. The van der Waals surface area contributed by atoms with E-state index in [1.54, 1.807) is 6.92 Å². The molecule has 1 aliphatic rings. The molecule has 10 heteroatoms. The maximum atomic E-state index is 12.7. The van der Waals surface area contributed by atoms with Gasteiger partial charge < -0.3 is 15.4 Å². The van der Waals surface area contributed by atoms with Gasteiger partial charge in [-0.3, -0.25) is 14.5 Å². The molecule has 2 N–H and O–H groups in total. The molecule has 0 bridgehead atoms. The van der Waals surface area contributed by atoms with E-state index < -0.39 is 42.0 Å². The van der Waals surface area contributed by atoms with E-state index in [9.17, 15) is 27.6 Å². The Balaban J connectivity index is 1.52. The summed E-state index contributed by atoms with van der Waals surface area (Å²) < 4.78 is 40.3. The van der Waals surface area contributed by atoms with Gasteiger partial charge in [-0.25, -0.2) is 4.79 Å². The van der Waals surface area contributed by atoms with Gasteiger partial charge >= 0.3 is 12.4 Å². The Bertz CT molecular complexity index is 949. The summed E-state index contributed by atoms with van der Waals surface area (Å²) in [4.78, 5) is 38.2. The van der Waals surface area contributed by atoms with Gasteiger partial charge in [0.05, 0.1) is 6.04 Å². The average Bonchev–Trinajstić information content (AvgIpc) is 3.00. The Morgan fingerprint density at radius 2 is 1.77 bits per heavy atom. The van der Waals surface area contributed by atoms with E-state index in [1.165, 1.54) is 12.1 Å². The molecule has 1 fully saturated rings. The number of rotatable bonds is 7. The molecule has 1 saturated heterocycles. The summed E-state index contributed by atoms with van der Waals surface area (Å²) in [5, 5.41) is 5.12. The molecule has 2 aromatic rings. The highest BCUT2D eigenvalue weighted by Gasteiger charge is 2.40. The molecule has 164 valence electrons. The van der Waals surface area contributed by atoms with Gasteiger partial charge in [-0.15, -0.1) is 13.2 Å². The number of anilines is 1. The van der Waals surface area contributed by atoms with Gasteiger partial charge in [-0.05, 0) is 43.2 Å². The predicted molar refractivity (Wildman–Crippen MR) is 105 cm³/mol. The van der Waals surface area contributed by atoms with Crippen LogP contribution in [0, 0.1) is 0 Å². The average molecular weight is 435 g/mol. The van der Waals surface area contributed by atoms with Crippen molar-refractivity contribution in [3.05, 3.63) is 60.2 Å². The molecule has 0 radical (unpaired) electrons. The fourth-order valence-electron chi connectivity index (χ4n) is 3.23. The van der Waals surface area contributed by atoms with Gasteiger partial charge in [0.1, 0.15) is 11.8 Å². The number of hydrogen-bond donors (Lipinski definition) is 2. The highest BCUT2D eigenvalue weighted by Crippen LogP contribution is 2.26. The fourth-order valence-corrected chi connectivity index (χ4v) is 3.23. The molecule has 1 aliphatic heterocycles. The van der Waals surface area contributed by atoms with E-state index in [2.05, 4.69) is 15.4 Å². The molecule has 0 aromatic heterocycles. The van der Waals surface area contributed by atoms with E-state index >= 15 is 0 Å². The van der Waals surface area contributed by atoms with Crippen LogP contribution < -0.4 is 15.4 Å². The summed E-state index contributed by atoms with van der Waals surface area (Å²) in [5.41, 5.74) is 1.09. The number of carbonyl (C=O) groups excluding carboxylic acids is 3. The topological polar surface area (TPSA) is 87.7 Å². The van der Waals surface area contributed by atoms with Crippen molar-refractivity contribution in [2.24, 2.45) is 0 Å².